The maximum atomic E-state index is 14.0. The quantitative estimate of drug-likeness (QED) is 0.303. The molecule has 0 aromatic rings. The largest absolute Gasteiger partial charge is 0.351 e. The molecular weight excluding hydrogens is 567 g/mol. The maximum absolute atomic E-state index is 14.0. The van der Waals surface area contributed by atoms with E-state index in [-0.39, 0.29) is 30.8 Å². The molecule has 0 spiro atoms. The summed E-state index contributed by atoms with van der Waals surface area (Å²) in [5.41, 5.74) is -1.48. The molecule has 7 atom stereocenters. The number of nitrogens with zero attached hydrogens (tertiary/aromatic N) is 2. The average molecular weight is 606 g/mol. The highest BCUT2D eigenvalue weighted by atomic mass is 35.5. The lowest BCUT2D eigenvalue weighted by Crippen LogP contribution is -2.61. The van der Waals surface area contributed by atoms with Crippen molar-refractivity contribution in [3.63, 3.8) is 0 Å². The van der Waals surface area contributed by atoms with Gasteiger partial charge in [0.05, 0.1) is 12.5 Å². The lowest BCUT2D eigenvalue weighted by molar-refractivity contribution is -0.150. The zero-order valence-electron chi connectivity index (χ0n) is 23.9. The van der Waals surface area contributed by atoms with Crippen LogP contribution in [-0.4, -0.2) is 81.7 Å². The molecule has 2 saturated carbocycles. The van der Waals surface area contributed by atoms with Crippen molar-refractivity contribution in [2.45, 2.75) is 95.9 Å². The Morgan fingerprint density at radius 2 is 1.78 bits per heavy atom. The van der Waals surface area contributed by atoms with Crippen molar-refractivity contribution < 1.29 is 37.1 Å². The fourth-order valence-corrected chi connectivity index (χ4v) is 6.61. The lowest BCUT2D eigenvalue weighted by Gasteiger charge is -2.37. The molecule has 4 aliphatic rings. The molecule has 0 unspecified atom stereocenters. The Labute approximate surface area is 242 Å². The van der Waals surface area contributed by atoms with Gasteiger partial charge in [0.15, 0.2) is 0 Å². The van der Waals surface area contributed by atoms with Gasteiger partial charge in [-0.05, 0) is 50.4 Å². The number of nitrogens with one attached hydrogen (secondary N) is 3. The summed E-state index contributed by atoms with van der Waals surface area (Å²) in [7, 11) is 0. The van der Waals surface area contributed by atoms with E-state index in [9.17, 15) is 37.1 Å². The maximum Gasteiger partial charge on any atom is 0.291 e. The Bertz CT molecular complexity index is 1110. The van der Waals surface area contributed by atoms with Crippen molar-refractivity contribution in [1.82, 2.24) is 26.0 Å². The number of rotatable bonds is 7. The molecule has 10 nitrogen and oxygen atoms in total. The third-order valence-electron chi connectivity index (χ3n) is 8.67. The molecule has 2 aliphatic heterocycles. The van der Waals surface area contributed by atoms with E-state index in [1.54, 1.807) is 34.6 Å². The second-order valence-electron chi connectivity index (χ2n) is 13.6. The highest BCUT2D eigenvalue weighted by molar-refractivity contribution is 6.29. The summed E-state index contributed by atoms with van der Waals surface area (Å²) in [4.78, 5) is 66.7. The van der Waals surface area contributed by atoms with Gasteiger partial charge in [-0.2, -0.15) is 0 Å². The first kappa shape index (κ1) is 31.4. The van der Waals surface area contributed by atoms with Gasteiger partial charge in [0.25, 0.3) is 23.4 Å². The molecule has 0 aromatic carbocycles. The normalized spacial score (nSPS) is 31.1. The standard InChI is InChI=1S/C27H39ClF3N5O5/c1-25(2,3)18(32-21(38)16-10-27(16,30)31)23(40)35-11-13-7-6-8-15(13)17(35)22(39)34-36(24(41)19(28)29)12-14-9-26(4,5)33-20(14)37/h13-19H,6-12H2,1-5H3,(H,32,38)(H,33,37)(H,34,39)/t13-,14-,15-,16-,17-,18+,19-/m0/s1. The molecule has 41 heavy (non-hydrogen) atoms. The van der Waals surface area contributed by atoms with Crippen LogP contribution in [-0.2, 0) is 24.0 Å². The fourth-order valence-electron chi connectivity index (χ4n) is 6.49. The SMILES string of the molecule is CC1(C)C[C@@H](CN(NC(=O)[C@@H]2[C@H]3CCC[C@H]3CN2C(=O)[C@@H](NC(=O)[C@@H]2CC2(F)F)C(C)(C)C)C(=O)[C@H](F)Cl)C(=O)N1. The number of likely N-dealkylation sites (tertiary alicyclic amines) is 1. The van der Waals surface area contributed by atoms with Crippen LogP contribution in [0.5, 0.6) is 0 Å². The number of halogens is 4. The van der Waals surface area contributed by atoms with E-state index in [0.29, 0.717) is 17.9 Å². The highest BCUT2D eigenvalue weighted by Gasteiger charge is 2.62. The van der Waals surface area contributed by atoms with E-state index in [0.717, 1.165) is 12.8 Å². The number of hydrazine groups is 1. The van der Waals surface area contributed by atoms with E-state index in [1.165, 1.54) is 4.90 Å². The van der Waals surface area contributed by atoms with E-state index in [2.05, 4.69) is 16.1 Å². The first-order chi connectivity index (χ1) is 18.8. The molecule has 230 valence electrons. The van der Waals surface area contributed by atoms with Crippen LogP contribution in [0.1, 0.15) is 66.7 Å². The number of carbonyl (C=O) groups is 5. The Morgan fingerprint density at radius 3 is 2.29 bits per heavy atom. The van der Waals surface area contributed by atoms with E-state index >= 15 is 0 Å². The average Bonchev–Trinajstić information content (AvgIpc) is 3.15. The van der Waals surface area contributed by atoms with Crippen LogP contribution in [0.3, 0.4) is 0 Å². The van der Waals surface area contributed by atoms with Gasteiger partial charge in [0.2, 0.25) is 17.7 Å². The number of carbonyl (C=O) groups excluding carboxylic acids is 5. The van der Waals surface area contributed by atoms with Crippen LogP contribution in [0, 0.1) is 29.1 Å². The Balaban J connectivity index is 1.56. The zero-order chi connectivity index (χ0) is 30.7. The Kier molecular flexibility index (Phi) is 8.36. The second kappa shape index (κ2) is 10.9. The fraction of sp³-hybridized carbons (Fsp3) is 0.815. The summed E-state index contributed by atoms with van der Waals surface area (Å²) >= 11 is 5.44. The van der Waals surface area contributed by atoms with E-state index < -0.39 is 76.5 Å². The summed E-state index contributed by atoms with van der Waals surface area (Å²) in [5, 5.41) is 5.98. The third-order valence-corrected chi connectivity index (χ3v) is 8.86. The van der Waals surface area contributed by atoms with Gasteiger partial charge in [-0.15, -0.1) is 0 Å². The molecule has 3 N–H and O–H groups in total. The topological polar surface area (TPSA) is 128 Å². The second-order valence-corrected chi connectivity index (χ2v) is 14.0. The van der Waals surface area contributed by atoms with Gasteiger partial charge >= 0.3 is 0 Å². The van der Waals surface area contributed by atoms with Gasteiger partial charge in [-0.25, -0.2) is 18.2 Å². The van der Waals surface area contributed by atoms with Gasteiger partial charge in [0, 0.05) is 18.5 Å². The monoisotopic (exact) mass is 605 g/mol. The van der Waals surface area contributed by atoms with Crippen LogP contribution in [0.25, 0.3) is 0 Å². The molecule has 2 heterocycles. The Hall–Kier alpha value is -2.57. The molecule has 0 radical (unpaired) electrons. The number of fused-ring (bicyclic) bond motifs is 1. The number of hydrogen-bond acceptors (Lipinski definition) is 5. The van der Waals surface area contributed by atoms with Crippen molar-refractivity contribution in [1.29, 1.82) is 0 Å². The van der Waals surface area contributed by atoms with Gasteiger partial charge in [0.1, 0.15) is 18.0 Å². The highest BCUT2D eigenvalue weighted by Crippen LogP contribution is 2.49. The molecule has 4 fully saturated rings. The molecule has 0 aromatic heterocycles. The van der Waals surface area contributed by atoms with Crippen molar-refractivity contribution in [2.75, 3.05) is 13.1 Å². The minimum absolute atomic E-state index is 0.0219. The summed E-state index contributed by atoms with van der Waals surface area (Å²) in [5.74, 6) is -9.49. The van der Waals surface area contributed by atoms with Crippen molar-refractivity contribution in [3.8, 4) is 0 Å². The predicted molar refractivity (Wildman–Crippen MR) is 142 cm³/mol. The first-order valence-electron chi connectivity index (χ1n) is 14.0. The molecule has 4 rings (SSSR count). The van der Waals surface area contributed by atoms with Gasteiger partial charge in [-0.1, -0.05) is 38.8 Å². The molecule has 2 aliphatic carbocycles. The summed E-state index contributed by atoms with van der Waals surface area (Å²) in [6, 6.07) is -2.25. The van der Waals surface area contributed by atoms with Gasteiger partial charge in [-0.3, -0.25) is 29.4 Å². The van der Waals surface area contributed by atoms with Crippen molar-refractivity contribution in [2.24, 2.45) is 29.1 Å². The minimum atomic E-state index is -3.11. The summed E-state index contributed by atoms with van der Waals surface area (Å²) in [6.45, 7) is 8.53. The van der Waals surface area contributed by atoms with Crippen LogP contribution >= 0.6 is 11.6 Å². The summed E-state index contributed by atoms with van der Waals surface area (Å²) in [6.07, 6.45) is 1.95. The molecule has 2 saturated heterocycles. The van der Waals surface area contributed by atoms with Crippen LogP contribution in [0.4, 0.5) is 13.2 Å². The Morgan fingerprint density at radius 1 is 1.15 bits per heavy atom. The van der Waals surface area contributed by atoms with Crippen LogP contribution in [0.2, 0.25) is 0 Å². The van der Waals surface area contributed by atoms with Crippen LogP contribution in [0.15, 0.2) is 0 Å². The molecule has 5 amide bonds. The lowest BCUT2D eigenvalue weighted by atomic mass is 9.85. The third kappa shape index (κ3) is 6.59. The van der Waals surface area contributed by atoms with E-state index in [4.69, 9.17) is 11.6 Å². The minimum Gasteiger partial charge on any atom is -0.351 e. The smallest absolute Gasteiger partial charge is 0.291 e. The van der Waals surface area contributed by atoms with Crippen molar-refractivity contribution in [3.05, 3.63) is 0 Å². The molecule has 0 bridgehead atoms. The molecule has 14 heteroatoms. The van der Waals surface area contributed by atoms with E-state index in [1.807, 2.05) is 0 Å². The zero-order valence-corrected chi connectivity index (χ0v) is 24.7. The molecular formula is C27H39ClF3N5O5. The van der Waals surface area contributed by atoms with Crippen LogP contribution < -0.4 is 16.1 Å². The summed E-state index contributed by atoms with van der Waals surface area (Å²) < 4.78 is 41.1. The first-order valence-corrected chi connectivity index (χ1v) is 14.5. The predicted octanol–water partition coefficient (Wildman–Crippen LogP) is 2.11. The number of hydrogen-bond donors (Lipinski definition) is 3. The van der Waals surface area contributed by atoms with Crippen molar-refractivity contribution >= 4 is 41.1 Å². The number of amides is 5. The van der Waals surface area contributed by atoms with Gasteiger partial charge < -0.3 is 15.5 Å². The number of alkyl halides is 4.